The van der Waals surface area contributed by atoms with E-state index in [0.717, 1.165) is 18.2 Å². The standard InChI is InChI=1S/C11H10ClN3O6/c12-8-3-6(15(20)21)1-2-7(8)11(19)14-4-9(16)13-5-10(17)18/h1-3H,4-5H2,(H,13,16)(H,14,19)(H,17,18). The van der Waals surface area contributed by atoms with Gasteiger partial charge in [0.25, 0.3) is 11.6 Å². The summed E-state index contributed by atoms with van der Waals surface area (Å²) in [6.45, 7) is -1.01. The predicted molar refractivity (Wildman–Crippen MR) is 71.1 cm³/mol. The first kappa shape index (κ1) is 16.4. The molecule has 0 saturated heterocycles. The molecule has 2 amide bonds. The van der Waals surface area contributed by atoms with Crippen molar-refractivity contribution < 1.29 is 24.4 Å². The molecule has 112 valence electrons. The zero-order valence-electron chi connectivity index (χ0n) is 10.5. The molecule has 0 bridgehead atoms. The van der Waals surface area contributed by atoms with Crippen LogP contribution in [0.15, 0.2) is 18.2 Å². The van der Waals surface area contributed by atoms with Crippen LogP contribution < -0.4 is 10.6 Å². The molecule has 3 N–H and O–H groups in total. The van der Waals surface area contributed by atoms with Crippen LogP contribution in [-0.4, -0.2) is 40.9 Å². The Morgan fingerprint density at radius 1 is 1.24 bits per heavy atom. The molecule has 21 heavy (non-hydrogen) atoms. The van der Waals surface area contributed by atoms with E-state index in [2.05, 4.69) is 10.6 Å². The number of hydrogen-bond acceptors (Lipinski definition) is 5. The maximum atomic E-state index is 11.7. The van der Waals surface area contributed by atoms with E-state index in [1.807, 2.05) is 0 Å². The minimum Gasteiger partial charge on any atom is -0.480 e. The Labute approximate surface area is 123 Å². The lowest BCUT2D eigenvalue weighted by Crippen LogP contribution is -2.39. The van der Waals surface area contributed by atoms with Crippen molar-refractivity contribution in [3.63, 3.8) is 0 Å². The number of rotatable bonds is 6. The van der Waals surface area contributed by atoms with Gasteiger partial charge in [-0.3, -0.25) is 24.5 Å². The third kappa shape index (κ3) is 5.07. The molecule has 0 atom stereocenters. The summed E-state index contributed by atoms with van der Waals surface area (Å²) in [6.07, 6.45) is 0. The van der Waals surface area contributed by atoms with Crippen molar-refractivity contribution in [2.75, 3.05) is 13.1 Å². The highest BCUT2D eigenvalue weighted by Gasteiger charge is 2.15. The largest absolute Gasteiger partial charge is 0.480 e. The van der Waals surface area contributed by atoms with Crippen LogP contribution in [0, 0.1) is 10.1 Å². The van der Waals surface area contributed by atoms with E-state index in [0.29, 0.717) is 0 Å². The smallest absolute Gasteiger partial charge is 0.322 e. The first-order valence-electron chi connectivity index (χ1n) is 5.52. The summed E-state index contributed by atoms with van der Waals surface area (Å²) < 4.78 is 0. The number of carbonyl (C=O) groups excluding carboxylic acids is 2. The van der Waals surface area contributed by atoms with Crippen molar-refractivity contribution in [2.45, 2.75) is 0 Å². The van der Waals surface area contributed by atoms with Crippen LogP contribution in [0.25, 0.3) is 0 Å². The first-order valence-corrected chi connectivity index (χ1v) is 5.89. The molecule has 0 aliphatic carbocycles. The Hall–Kier alpha value is -2.68. The highest BCUT2D eigenvalue weighted by molar-refractivity contribution is 6.34. The number of carbonyl (C=O) groups is 3. The number of carboxylic acid groups (broad SMARTS) is 1. The molecule has 0 radical (unpaired) electrons. The predicted octanol–water partition coefficient (Wildman–Crippen LogP) is 0.179. The minimum atomic E-state index is -1.21. The van der Waals surface area contributed by atoms with Gasteiger partial charge in [-0.2, -0.15) is 0 Å². The highest BCUT2D eigenvalue weighted by Crippen LogP contribution is 2.22. The Bertz CT molecular complexity index is 604. The van der Waals surface area contributed by atoms with E-state index in [4.69, 9.17) is 16.7 Å². The molecule has 1 aromatic rings. The van der Waals surface area contributed by atoms with E-state index >= 15 is 0 Å². The normalized spacial score (nSPS) is 9.76. The van der Waals surface area contributed by atoms with Crippen LogP contribution >= 0.6 is 11.6 Å². The van der Waals surface area contributed by atoms with Gasteiger partial charge in [0.1, 0.15) is 6.54 Å². The van der Waals surface area contributed by atoms with Gasteiger partial charge in [0, 0.05) is 12.1 Å². The lowest BCUT2D eigenvalue weighted by atomic mass is 10.2. The minimum absolute atomic E-state index is 0.0340. The molecule has 0 unspecified atom stereocenters. The average molecular weight is 316 g/mol. The SMILES string of the molecule is O=C(O)CNC(=O)CNC(=O)c1ccc([N+](=O)[O-])cc1Cl. The summed E-state index contributed by atoms with van der Waals surface area (Å²) in [7, 11) is 0. The fourth-order valence-electron chi connectivity index (χ4n) is 1.29. The van der Waals surface area contributed by atoms with E-state index in [-0.39, 0.29) is 16.3 Å². The van der Waals surface area contributed by atoms with Crippen molar-refractivity contribution in [3.05, 3.63) is 38.9 Å². The van der Waals surface area contributed by atoms with Crippen LogP contribution in [0.4, 0.5) is 5.69 Å². The van der Waals surface area contributed by atoms with Gasteiger partial charge in [-0.1, -0.05) is 11.6 Å². The highest BCUT2D eigenvalue weighted by atomic mass is 35.5. The second-order valence-electron chi connectivity index (χ2n) is 3.77. The van der Waals surface area contributed by atoms with Gasteiger partial charge in [-0.15, -0.1) is 0 Å². The molecule has 0 saturated carbocycles. The second-order valence-corrected chi connectivity index (χ2v) is 4.18. The monoisotopic (exact) mass is 315 g/mol. The van der Waals surface area contributed by atoms with Gasteiger partial charge in [-0.05, 0) is 6.07 Å². The van der Waals surface area contributed by atoms with E-state index in [1.165, 1.54) is 0 Å². The zero-order valence-corrected chi connectivity index (χ0v) is 11.2. The lowest BCUT2D eigenvalue weighted by molar-refractivity contribution is -0.384. The summed E-state index contributed by atoms with van der Waals surface area (Å²) in [5.74, 6) is -2.61. The maximum Gasteiger partial charge on any atom is 0.322 e. The van der Waals surface area contributed by atoms with Gasteiger partial charge in [-0.25, -0.2) is 0 Å². The van der Waals surface area contributed by atoms with Crippen LogP contribution in [0.3, 0.4) is 0 Å². The van der Waals surface area contributed by atoms with Crippen molar-refractivity contribution in [2.24, 2.45) is 0 Å². The summed E-state index contributed by atoms with van der Waals surface area (Å²) in [5, 5.41) is 23.0. The third-order valence-corrected chi connectivity index (χ3v) is 2.57. The van der Waals surface area contributed by atoms with Crippen molar-refractivity contribution >= 4 is 35.1 Å². The number of hydrogen-bond donors (Lipinski definition) is 3. The van der Waals surface area contributed by atoms with Crippen LogP contribution in [0.5, 0.6) is 0 Å². The number of aliphatic carboxylic acids is 1. The molecular weight excluding hydrogens is 306 g/mol. The number of amides is 2. The Morgan fingerprint density at radius 3 is 2.43 bits per heavy atom. The van der Waals surface area contributed by atoms with Crippen LogP contribution in [-0.2, 0) is 9.59 Å². The molecule has 0 fully saturated rings. The molecule has 9 nitrogen and oxygen atoms in total. The van der Waals surface area contributed by atoms with Crippen LogP contribution in [0.2, 0.25) is 5.02 Å². The fourth-order valence-corrected chi connectivity index (χ4v) is 1.55. The fraction of sp³-hybridized carbons (Fsp3) is 0.182. The van der Waals surface area contributed by atoms with Gasteiger partial charge < -0.3 is 15.7 Å². The molecule has 0 aliphatic rings. The van der Waals surface area contributed by atoms with Crippen molar-refractivity contribution in [3.8, 4) is 0 Å². The molecule has 0 spiro atoms. The second kappa shape index (κ2) is 7.20. The number of nitrogens with zero attached hydrogens (tertiary/aromatic N) is 1. The van der Waals surface area contributed by atoms with Gasteiger partial charge >= 0.3 is 5.97 Å². The van der Waals surface area contributed by atoms with Gasteiger partial charge in [0.05, 0.1) is 22.1 Å². The van der Waals surface area contributed by atoms with Crippen LogP contribution in [0.1, 0.15) is 10.4 Å². The molecule has 0 aliphatic heterocycles. The summed E-state index contributed by atoms with van der Waals surface area (Å²) in [6, 6.07) is 3.28. The summed E-state index contributed by atoms with van der Waals surface area (Å²) in [4.78, 5) is 43.0. The van der Waals surface area contributed by atoms with E-state index in [1.54, 1.807) is 0 Å². The number of halogens is 1. The number of nitro benzene ring substituents is 1. The van der Waals surface area contributed by atoms with Crippen molar-refractivity contribution in [1.82, 2.24) is 10.6 Å². The Kier molecular flexibility index (Phi) is 5.61. The number of nitrogens with one attached hydrogen (secondary N) is 2. The molecular formula is C11H10ClN3O6. The van der Waals surface area contributed by atoms with Crippen molar-refractivity contribution in [1.29, 1.82) is 0 Å². The summed E-state index contributed by atoms with van der Waals surface area (Å²) in [5.41, 5.74) is -0.302. The van der Waals surface area contributed by atoms with Gasteiger partial charge in [0.2, 0.25) is 5.91 Å². The zero-order chi connectivity index (χ0) is 16.0. The average Bonchev–Trinajstić information content (AvgIpc) is 2.42. The molecule has 1 aromatic carbocycles. The Morgan fingerprint density at radius 2 is 1.90 bits per heavy atom. The van der Waals surface area contributed by atoms with E-state index in [9.17, 15) is 24.5 Å². The number of benzene rings is 1. The number of nitro groups is 1. The van der Waals surface area contributed by atoms with Gasteiger partial charge in [0.15, 0.2) is 0 Å². The quantitative estimate of drug-likeness (QED) is 0.505. The first-order chi connectivity index (χ1) is 9.81. The Balaban J connectivity index is 2.62. The lowest BCUT2D eigenvalue weighted by Gasteiger charge is -2.06. The molecule has 0 heterocycles. The van der Waals surface area contributed by atoms with E-state index < -0.39 is 35.8 Å². The molecule has 1 rings (SSSR count). The molecule has 10 heteroatoms. The summed E-state index contributed by atoms with van der Waals surface area (Å²) >= 11 is 5.74. The topological polar surface area (TPSA) is 139 Å². The molecule has 0 aromatic heterocycles. The third-order valence-electron chi connectivity index (χ3n) is 2.25. The number of non-ortho nitro benzene ring substituents is 1. The maximum absolute atomic E-state index is 11.7. The number of carboxylic acids is 1.